The van der Waals surface area contributed by atoms with Gasteiger partial charge in [-0.25, -0.2) is 13.5 Å². The fourth-order valence-electron chi connectivity index (χ4n) is 4.05. The Balaban J connectivity index is 1.70. The van der Waals surface area contributed by atoms with Crippen molar-refractivity contribution in [2.24, 2.45) is 0 Å². The van der Waals surface area contributed by atoms with Crippen LogP contribution in [0.15, 0.2) is 41.1 Å². The number of benzene rings is 2. The number of carbonyl (C=O) groups excluding carboxylic acids is 1. The maximum Gasteiger partial charge on any atom is 0.196 e. The summed E-state index contributed by atoms with van der Waals surface area (Å²) in [5.41, 5.74) is 7.16. The van der Waals surface area contributed by atoms with Gasteiger partial charge in [0.1, 0.15) is 5.52 Å². The van der Waals surface area contributed by atoms with Crippen molar-refractivity contribution >= 4 is 49.2 Å². The molecular formula is C22H17BrF2N4O2. The maximum atomic E-state index is 14.8. The highest BCUT2D eigenvalue weighted by Crippen LogP contribution is 2.35. The highest BCUT2D eigenvalue weighted by atomic mass is 79.9. The SMILES string of the molecule is Nc1c(C(=O)c2cc(F)c(F)c3c2cnn3C2CCCCO2)cc(Br)c2ncccc12. The summed E-state index contributed by atoms with van der Waals surface area (Å²) in [5.74, 6) is -2.72. The first kappa shape index (κ1) is 20.0. The summed E-state index contributed by atoms with van der Waals surface area (Å²) in [6.45, 7) is 0.518. The number of ether oxygens (including phenoxy) is 1. The van der Waals surface area contributed by atoms with E-state index in [1.54, 1.807) is 24.4 Å². The molecule has 3 heterocycles. The first-order chi connectivity index (χ1) is 15.0. The summed E-state index contributed by atoms with van der Waals surface area (Å²) in [7, 11) is 0. The number of halogens is 3. The van der Waals surface area contributed by atoms with Crippen molar-refractivity contribution in [1.29, 1.82) is 0 Å². The number of rotatable bonds is 3. The normalized spacial score (nSPS) is 16.8. The van der Waals surface area contributed by atoms with Gasteiger partial charge in [0.05, 0.1) is 17.4 Å². The first-order valence-corrected chi connectivity index (χ1v) is 10.6. The molecule has 9 heteroatoms. The average Bonchev–Trinajstić information content (AvgIpc) is 3.24. The molecule has 1 saturated heterocycles. The first-order valence-electron chi connectivity index (χ1n) is 9.81. The lowest BCUT2D eigenvalue weighted by Gasteiger charge is -2.23. The molecule has 5 rings (SSSR count). The van der Waals surface area contributed by atoms with E-state index in [0.29, 0.717) is 28.4 Å². The molecule has 0 spiro atoms. The molecule has 1 atom stereocenters. The van der Waals surface area contributed by atoms with Crippen molar-refractivity contribution in [2.75, 3.05) is 12.3 Å². The Kier molecular flexibility index (Phi) is 4.94. The molecule has 1 aliphatic rings. The van der Waals surface area contributed by atoms with Crippen LogP contribution in [0.2, 0.25) is 0 Å². The third-order valence-corrected chi connectivity index (χ3v) is 6.18. The van der Waals surface area contributed by atoms with Crippen molar-refractivity contribution in [3.05, 3.63) is 63.9 Å². The third-order valence-electron chi connectivity index (χ3n) is 5.58. The van der Waals surface area contributed by atoms with Gasteiger partial charge in [0.2, 0.25) is 0 Å². The van der Waals surface area contributed by atoms with E-state index in [1.165, 1.54) is 10.9 Å². The predicted octanol–water partition coefficient (Wildman–Crippen LogP) is 5.14. The molecule has 31 heavy (non-hydrogen) atoms. The van der Waals surface area contributed by atoms with Gasteiger partial charge in [-0.1, -0.05) is 0 Å². The minimum Gasteiger partial charge on any atom is -0.398 e. The zero-order chi connectivity index (χ0) is 21.7. The molecule has 0 bridgehead atoms. The molecule has 0 aliphatic carbocycles. The molecule has 1 aliphatic heterocycles. The van der Waals surface area contributed by atoms with Crippen molar-refractivity contribution in [1.82, 2.24) is 14.8 Å². The van der Waals surface area contributed by atoms with Gasteiger partial charge in [0, 0.05) is 39.2 Å². The number of ketones is 1. The molecular weight excluding hydrogens is 470 g/mol. The second-order valence-electron chi connectivity index (χ2n) is 7.44. The molecule has 6 nitrogen and oxygen atoms in total. The summed E-state index contributed by atoms with van der Waals surface area (Å²) in [6, 6.07) is 5.91. The molecule has 0 radical (unpaired) electrons. The van der Waals surface area contributed by atoms with Crippen LogP contribution in [-0.4, -0.2) is 27.2 Å². The van der Waals surface area contributed by atoms with Crippen molar-refractivity contribution in [2.45, 2.75) is 25.5 Å². The van der Waals surface area contributed by atoms with Crippen LogP contribution < -0.4 is 5.73 Å². The summed E-state index contributed by atoms with van der Waals surface area (Å²) in [5, 5.41) is 5.03. The zero-order valence-corrected chi connectivity index (χ0v) is 17.8. The van der Waals surface area contributed by atoms with Crippen LogP contribution in [-0.2, 0) is 4.74 Å². The zero-order valence-electron chi connectivity index (χ0n) is 16.2. The monoisotopic (exact) mass is 486 g/mol. The number of nitrogens with two attached hydrogens (primary N) is 1. The highest BCUT2D eigenvalue weighted by Gasteiger charge is 2.27. The second-order valence-corrected chi connectivity index (χ2v) is 8.30. The standard InChI is InChI=1S/C22H17BrF2N4O2/c23-15-8-13(19(26)11-4-3-6-27-20(11)15)22(30)12-9-16(24)18(25)21-14(12)10-28-29(21)17-5-1-2-7-31-17/h3-4,6,8-10,17H,1-2,5,7,26H2. The lowest BCUT2D eigenvalue weighted by atomic mass is 9.96. The van der Waals surface area contributed by atoms with E-state index in [9.17, 15) is 13.6 Å². The number of fused-ring (bicyclic) bond motifs is 2. The van der Waals surface area contributed by atoms with Crippen LogP contribution in [0.4, 0.5) is 14.5 Å². The third kappa shape index (κ3) is 3.19. The number of anilines is 1. The molecule has 2 N–H and O–H groups in total. The van der Waals surface area contributed by atoms with Crippen molar-refractivity contribution < 1.29 is 18.3 Å². The number of aromatic nitrogens is 3. The Hall–Kier alpha value is -2.91. The van der Waals surface area contributed by atoms with E-state index in [-0.39, 0.29) is 27.7 Å². The minimum atomic E-state index is -1.13. The Morgan fingerprint density at radius 1 is 1.23 bits per heavy atom. The lowest BCUT2D eigenvalue weighted by Crippen LogP contribution is -2.19. The number of hydrogen-bond acceptors (Lipinski definition) is 5. The van der Waals surface area contributed by atoms with Crippen LogP contribution in [0.5, 0.6) is 0 Å². The number of nitrogens with zero attached hydrogens (tertiary/aromatic N) is 3. The smallest absolute Gasteiger partial charge is 0.196 e. The van der Waals surface area contributed by atoms with Crippen molar-refractivity contribution in [3.63, 3.8) is 0 Å². The van der Waals surface area contributed by atoms with Crippen molar-refractivity contribution in [3.8, 4) is 0 Å². The molecule has 0 saturated carbocycles. The van der Waals surface area contributed by atoms with Gasteiger partial charge in [-0.3, -0.25) is 9.78 Å². The van der Waals surface area contributed by atoms with Crippen LogP contribution in [0.3, 0.4) is 0 Å². The summed E-state index contributed by atoms with van der Waals surface area (Å²) in [4.78, 5) is 17.7. The molecule has 1 unspecified atom stereocenters. The summed E-state index contributed by atoms with van der Waals surface area (Å²) >= 11 is 3.42. The van der Waals surface area contributed by atoms with Gasteiger partial charge >= 0.3 is 0 Å². The van der Waals surface area contributed by atoms with Gasteiger partial charge in [0.25, 0.3) is 0 Å². The Morgan fingerprint density at radius 3 is 2.84 bits per heavy atom. The number of pyridine rings is 1. The van der Waals surface area contributed by atoms with E-state index in [2.05, 4.69) is 26.0 Å². The second kappa shape index (κ2) is 7.65. The molecule has 4 aromatic rings. The van der Waals surface area contributed by atoms with E-state index >= 15 is 0 Å². The average molecular weight is 487 g/mol. The Bertz CT molecular complexity index is 1350. The highest BCUT2D eigenvalue weighted by molar-refractivity contribution is 9.10. The van der Waals surface area contributed by atoms with E-state index in [0.717, 1.165) is 18.9 Å². The fourth-order valence-corrected chi connectivity index (χ4v) is 4.59. The maximum absolute atomic E-state index is 14.8. The Labute approximate surface area is 184 Å². The van der Waals surface area contributed by atoms with Crippen LogP contribution in [0.25, 0.3) is 21.8 Å². The van der Waals surface area contributed by atoms with Crippen LogP contribution in [0, 0.1) is 11.6 Å². The quantitative estimate of drug-likeness (QED) is 0.320. The molecule has 2 aromatic heterocycles. The fraction of sp³-hybridized carbons (Fsp3) is 0.227. The van der Waals surface area contributed by atoms with Crippen LogP contribution in [0.1, 0.15) is 41.4 Å². The summed E-state index contributed by atoms with van der Waals surface area (Å²) < 4.78 is 37.0. The van der Waals surface area contributed by atoms with E-state index in [4.69, 9.17) is 10.5 Å². The topological polar surface area (TPSA) is 83.0 Å². The number of nitrogen functional groups attached to an aromatic ring is 1. The Morgan fingerprint density at radius 2 is 2.06 bits per heavy atom. The molecule has 2 aromatic carbocycles. The van der Waals surface area contributed by atoms with Gasteiger partial charge < -0.3 is 10.5 Å². The molecule has 1 fully saturated rings. The lowest BCUT2D eigenvalue weighted by molar-refractivity contribution is -0.0369. The van der Waals surface area contributed by atoms with E-state index < -0.39 is 23.6 Å². The predicted molar refractivity (Wildman–Crippen MR) is 116 cm³/mol. The largest absolute Gasteiger partial charge is 0.398 e. The number of carbonyl (C=O) groups is 1. The van der Waals surface area contributed by atoms with Gasteiger partial charge in [0.15, 0.2) is 23.6 Å². The van der Waals surface area contributed by atoms with Gasteiger partial charge in [-0.05, 0) is 59.5 Å². The van der Waals surface area contributed by atoms with Gasteiger partial charge in [-0.2, -0.15) is 5.10 Å². The van der Waals surface area contributed by atoms with Crippen LogP contribution >= 0.6 is 15.9 Å². The van der Waals surface area contributed by atoms with E-state index in [1.807, 2.05) is 0 Å². The molecule has 158 valence electrons. The minimum absolute atomic E-state index is 0.0159. The summed E-state index contributed by atoms with van der Waals surface area (Å²) in [6.07, 6.45) is 4.92. The number of hydrogen-bond donors (Lipinski definition) is 1. The molecule has 0 amide bonds. The van der Waals surface area contributed by atoms with Gasteiger partial charge in [-0.15, -0.1) is 0 Å².